The van der Waals surface area contributed by atoms with Gasteiger partial charge in [-0.15, -0.1) is 0 Å². The van der Waals surface area contributed by atoms with Crippen molar-refractivity contribution >= 4 is 63.7 Å². The van der Waals surface area contributed by atoms with Gasteiger partial charge in [-0.3, -0.25) is 24.1 Å². The smallest absolute Gasteiger partial charge is 0.241 e. The van der Waals surface area contributed by atoms with E-state index in [1.54, 1.807) is 56.3 Å². The lowest BCUT2D eigenvalue weighted by Crippen LogP contribution is -2.49. The fraction of sp³-hybridized carbons (Fsp3) is 0.286. The van der Waals surface area contributed by atoms with E-state index in [1.165, 1.54) is 17.0 Å². The molecule has 6 unspecified atom stereocenters. The molecule has 3 fully saturated rings. The number of phenols is 1. The molecule has 8 rings (SSSR count). The van der Waals surface area contributed by atoms with Crippen LogP contribution in [0.5, 0.6) is 5.75 Å². The number of benzene rings is 4. The minimum Gasteiger partial charge on any atom is -0.507 e. The first-order chi connectivity index (χ1) is 25.8. The molecule has 1 N–H and O–H groups in total. The zero-order chi connectivity index (χ0) is 38.2. The van der Waals surface area contributed by atoms with E-state index in [-0.39, 0.29) is 41.1 Å². The number of amides is 4. The van der Waals surface area contributed by atoms with Gasteiger partial charge in [0.2, 0.25) is 23.6 Å². The van der Waals surface area contributed by atoms with E-state index in [0.29, 0.717) is 28.2 Å². The second kappa shape index (κ2) is 13.0. The molecule has 2 aliphatic heterocycles. The average Bonchev–Trinajstić information content (AvgIpc) is 3.53. The number of phenolic OH excluding ortho intramolecular Hbond substituents is 1. The number of para-hydroxylation sites is 1. The van der Waals surface area contributed by atoms with Gasteiger partial charge in [0.15, 0.2) is 0 Å². The van der Waals surface area contributed by atoms with Gasteiger partial charge in [0.05, 0.1) is 50.9 Å². The molecule has 4 amide bonds. The highest BCUT2D eigenvalue weighted by atomic mass is 35.5. The van der Waals surface area contributed by atoms with Crippen molar-refractivity contribution in [2.45, 2.75) is 32.6 Å². The summed E-state index contributed by atoms with van der Waals surface area (Å²) < 4.78 is 14.2. The summed E-state index contributed by atoms with van der Waals surface area (Å²) in [6.07, 6.45) is 2.31. The van der Waals surface area contributed by atoms with Crippen molar-refractivity contribution in [3.63, 3.8) is 0 Å². The van der Waals surface area contributed by atoms with Crippen LogP contribution in [0.25, 0.3) is 0 Å². The Morgan fingerprint density at radius 2 is 1.48 bits per heavy atom. The van der Waals surface area contributed by atoms with Crippen LogP contribution in [0.2, 0.25) is 5.02 Å². The van der Waals surface area contributed by atoms with E-state index in [0.717, 1.165) is 22.2 Å². The van der Waals surface area contributed by atoms with Gasteiger partial charge in [0, 0.05) is 31.3 Å². The molecular formula is C42H37ClFN5O5. The van der Waals surface area contributed by atoms with Crippen LogP contribution in [0.1, 0.15) is 36.8 Å². The van der Waals surface area contributed by atoms with Crippen molar-refractivity contribution in [3.8, 4) is 5.75 Å². The molecule has 12 heteroatoms. The molecule has 4 aromatic rings. The lowest BCUT2D eigenvalue weighted by Gasteiger charge is -2.49. The Hall–Kier alpha value is -5.68. The van der Waals surface area contributed by atoms with E-state index < -0.39 is 52.6 Å². The lowest BCUT2D eigenvalue weighted by atomic mass is 9.51. The highest BCUT2D eigenvalue weighted by molar-refractivity contribution is 6.32. The van der Waals surface area contributed by atoms with E-state index >= 15 is 0 Å². The maximum Gasteiger partial charge on any atom is 0.241 e. The number of carbonyl (C=O) groups excluding carboxylic acids is 4. The number of aryl methyl sites for hydroxylation is 1. The number of hydrogen-bond donors (Lipinski definition) is 1. The molecule has 54 heavy (non-hydrogen) atoms. The van der Waals surface area contributed by atoms with Gasteiger partial charge in [-0.05, 0) is 105 Å². The van der Waals surface area contributed by atoms with Crippen molar-refractivity contribution in [3.05, 3.63) is 119 Å². The Morgan fingerprint density at radius 1 is 0.833 bits per heavy atom. The molecule has 6 atom stereocenters. The average molecular weight is 746 g/mol. The van der Waals surface area contributed by atoms with Crippen LogP contribution < -0.4 is 14.7 Å². The van der Waals surface area contributed by atoms with Gasteiger partial charge in [-0.25, -0.2) is 9.29 Å². The molecule has 0 bridgehead atoms. The van der Waals surface area contributed by atoms with E-state index in [4.69, 9.17) is 11.6 Å². The third-order valence-electron chi connectivity index (χ3n) is 11.8. The molecule has 1 saturated carbocycles. The quantitative estimate of drug-likeness (QED) is 0.120. The molecule has 4 aromatic carbocycles. The van der Waals surface area contributed by atoms with Crippen molar-refractivity contribution in [2.75, 3.05) is 28.8 Å². The molecule has 2 aliphatic carbocycles. The normalized spacial score (nSPS) is 26.3. The van der Waals surface area contributed by atoms with Gasteiger partial charge in [0.25, 0.3) is 0 Å². The van der Waals surface area contributed by atoms with Crippen molar-refractivity contribution in [1.82, 2.24) is 0 Å². The fourth-order valence-electron chi connectivity index (χ4n) is 9.00. The molecule has 0 radical (unpaired) electrons. The third kappa shape index (κ3) is 5.35. The Morgan fingerprint density at radius 3 is 2.13 bits per heavy atom. The maximum atomic E-state index is 14.6. The van der Waals surface area contributed by atoms with Crippen LogP contribution in [0, 0.1) is 41.8 Å². The minimum atomic E-state index is -1.37. The molecule has 10 nitrogen and oxygen atoms in total. The summed E-state index contributed by atoms with van der Waals surface area (Å²) in [6.45, 7) is 3.48. The standard InChI is InChI=1S/C42H37ClFN5O5/c1-22-6-5-7-30(37(22)50)36-28-17-18-29-35(31(28)21-32-39(52)49(41(54)42(32,36)2)27-16-19-34(44)33(43)20-27)40(53)48(38(29)51)26-14-10-24(11-15-26)46-45-23-8-12-25(13-9-23)47(3)4/h5-17,19-20,29,31-32,35-36,50H,18,21H2,1-4H3. The molecule has 274 valence electrons. The first-order valence-electron chi connectivity index (χ1n) is 17.8. The van der Waals surface area contributed by atoms with E-state index in [9.17, 15) is 28.7 Å². The van der Waals surface area contributed by atoms with Crippen LogP contribution in [0.15, 0.2) is 107 Å². The number of imide groups is 2. The zero-order valence-electron chi connectivity index (χ0n) is 30.0. The minimum absolute atomic E-state index is 0.00653. The highest BCUT2D eigenvalue weighted by Gasteiger charge is 2.68. The summed E-state index contributed by atoms with van der Waals surface area (Å²) >= 11 is 6.10. The van der Waals surface area contributed by atoms with Crippen LogP contribution in [0.4, 0.5) is 32.8 Å². The number of halogens is 2. The van der Waals surface area contributed by atoms with Gasteiger partial charge in [-0.2, -0.15) is 10.2 Å². The number of nitrogens with zero attached hydrogens (tertiary/aromatic N) is 5. The zero-order valence-corrected chi connectivity index (χ0v) is 30.8. The number of fused-ring (bicyclic) bond motifs is 4. The Labute approximate surface area is 316 Å². The summed E-state index contributed by atoms with van der Waals surface area (Å²) in [5, 5.41) is 19.9. The summed E-state index contributed by atoms with van der Waals surface area (Å²) in [7, 11) is 3.91. The number of hydrogen-bond acceptors (Lipinski definition) is 8. The molecule has 4 aliphatic rings. The number of anilines is 3. The fourth-order valence-corrected chi connectivity index (χ4v) is 9.17. The van der Waals surface area contributed by atoms with Crippen LogP contribution in [-0.4, -0.2) is 42.8 Å². The summed E-state index contributed by atoms with van der Waals surface area (Å²) in [4.78, 5) is 61.8. The number of allylic oxidation sites excluding steroid dienone is 2. The first-order valence-corrected chi connectivity index (χ1v) is 18.2. The second-order valence-electron chi connectivity index (χ2n) is 14.9. The lowest BCUT2D eigenvalue weighted by molar-refractivity contribution is -0.131. The van der Waals surface area contributed by atoms with Crippen LogP contribution in [0.3, 0.4) is 0 Å². The predicted molar refractivity (Wildman–Crippen MR) is 203 cm³/mol. The van der Waals surface area contributed by atoms with E-state index in [2.05, 4.69) is 10.2 Å². The van der Waals surface area contributed by atoms with Crippen molar-refractivity contribution in [1.29, 1.82) is 0 Å². The third-order valence-corrected chi connectivity index (χ3v) is 12.1. The monoisotopic (exact) mass is 745 g/mol. The topological polar surface area (TPSA) is 123 Å². The summed E-state index contributed by atoms with van der Waals surface area (Å²) in [5.41, 5.74) is 3.21. The predicted octanol–water partition coefficient (Wildman–Crippen LogP) is 8.41. The number of carbonyl (C=O) groups is 4. The van der Waals surface area contributed by atoms with Gasteiger partial charge in [0.1, 0.15) is 11.6 Å². The van der Waals surface area contributed by atoms with Crippen molar-refractivity contribution < 1.29 is 28.7 Å². The number of aromatic hydroxyl groups is 1. The van der Waals surface area contributed by atoms with E-state index in [1.807, 2.05) is 49.3 Å². The Kier molecular flexibility index (Phi) is 8.52. The summed E-state index contributed by atoms with van der Waals surface area (Å²) in [5.74, 6) is -6.18. The van der Waals surface area contributed by atoms with Gasteiger partial charge >= 0.3 is 0 Å². The Balaban J connectivity index is 1.14. The SMILES string of the molecule is Cc1cccc(C2C3=CCC4C(=O)N(c5ccc(N=Nc6ccc(N(C)C)cc6)cc5)C(=O)C4C3CC3C(=O)N(c4ccc(F)c(Cl)c4)C(=O)C32C)c1O. The number of azo groups is 1. The maximum absolute atomic E-state index is 14.6. The van der Waals surface area contributed by atoms with Crippen LogP contribution in [-0.2, 0) is 19.2 Å². The summed E-state index contributed by atoms with van der Waals surface area (Å²) in [6, 6.07) is 23.3. The number of rotatable bonds is 6. The van der Waals surface area contributed by atoms with Crippen LogP contribution >= 0.6 is 11.6 Å². The molecular weight excluding hydrogens is 709 g/mol. The largest absolute Gasteiger partial charge is 0.507 e. The molecule has 2 heterocycles. The van der Waals surface area contributed by atoms with Gasteiger partial charge < -0.3 is 10.0 Å². The van der Waals surface area contributed by atoms with Gasteiger partial charge in [-0.1, -0.05) is 41.4 Å². The molecule has 0 spiro atoms. The highest BCUT2D eigenvalue weighted by Crippen LogP contribution is 2.64. The van der Waals surface area contributed by atoms with Crippen molar-refractivity contribution in [2.24, 2.45) is 39.3 Å². The second-order valence-corrected chi connectivity index (χ2v) is 15.3. The first kappa shape index (κ1) is 35.4. The molecule has 0 aromatic heterocycles. The Bertz CT molecular complexity index is 2310. The molecule has 2 saturated heterocycles.